The second-order valence-corrected chi connectivity index (χ2v) is 5.84. The van der Waals surface area contributed by atoms with Crippen LogP contribution in [0.5, 0.6) is 5.75 Å². The highest BCUT2D eigenvalue weighted by Gasteiger charge is 2.30. The molecule has 0 amide bonds. The van der Waals surface area contributed by atoms with Gasteiger partial charge >= 0.3 is 5.97 Å². The van der Waals surface area contributed by atoms with Crippen LogP contribution < -0.4 is 15.8 Å². The van der Waals surface area contributed by atoms with E-state index in [2.05, 4.69) is 10.3 Å². The maximum atomic E-state index is 12.3. The highest BCUT2D eigenvalue weighted by atomic mass is 16.5. The second-order valence-electron chi connectivity index (χ2n) is 5.84. The number of rotatable bonds is 7. The summed E-state index contributed by atoms with van der Waals surface area (Å²) < 4.78 is 10.9. The van der Waals surface area contributed by atoms with Crippen molar-refractivity contribution >= 4 is 12.0 Å². The Bertz CT molecular complexity index is 813. The van der Waals surface area contributed by atoms with Gasteiger partial charge in [0.25, 0.3) is 0 Å². The van der Waals surface area contributed by atoms with Crippen molar-refractivity contribution in [3.8, 4) is 16.9 Å². The van der Waals surface area contributed by atoms with Gasteiger partial charge in [-0.05, 0) is 24.6 Å². The Morgan fingerprint density at radius 3 is 3.12 bits per heavy atom. The van der Waals surface area contributed by atoms with Crippen LogP contribution in [0.15, 0.2) is 30.5 Å². The number of nitrogens with two attached hydrogens (primary N) is 1. The zero-order valence-corrected chi connectivity index (χ0v) is 14.6. The van der Waals surface area contributed by atoms with Crippen molar-refractivity contribution < 1.29 is 19.4 Å². The van der Waals surface area contributed by atoms with Crippen LogP contribution in [0, 0.1) is 0 Å². The summed E-state index contributed by atoms with van der Waals surface area (Å²) in [6.45, 7) is 3.39. The Kier molecular flexibility index (Phi) is 5.72. The topological polar surface area (TPSA) is 110 Å². The molecule has 0 saturated carbocycles. The number of carbonyl (C=O) groups excluding carboxylic acids is 1. The number of carbonyl (C=O) groups is 1. The number of nitrogens with one attached hydrogen (secondary N) is 2. The number of aliphatic hydroxyl groups excluding tert-OH is 1. The van der Waals surface area contributed by atoms with E-state index >= 15 is 0 Å². The molecule has 1 unspecified atom stereocenters. The molecule has 138 valence electrons. The Morgan fingerprint density at radius 2 is 2.35 bits per heavy atom. The highest BCUT2D eigenvalue weighted by molar-refractivity contribution is 5.99. The number of fused-ring (bicyclic) bond motifs is 3. The van der Waals surface area contributed by atoms with Crippen LogP contribution in [0.1, 0.15) is 34.8 Å². The molecule has 1 aromatic carbocycles. The SMILES string of the molecule is CCOC(=O)c1c[nH]c2c1-c1cc(C=CCNCCO)ccc1OC2N. The minimum Gasteiger partial charge on any atom is -0.469 e. The molecule has 0 spiro atoms. The highest BCUT2D eigenvalue weighted by Crippen LogP contribution is 2.43. The fourth-order valence-corrected chi connectivity index (χ4v) is 2.93. The molecule has 1 aromatic heterocycles. The maximum absolute atomic E-state index is 12.3. The van der Waals surface area contributed by atoms with Crippen LogP contribution in [-0.4, -0.2) is 42.4 Å². The van der Waals surface area contributed by atoms with Crippen molar-refractivity contribution in [2.45, 2.75) is 13.2 Å². The van der Waals surface area contributed by atoms with E-state index in [0.717, 1.165) is 16.7 Å². The van der Waals surface area contributed by atoms with E-state index in [1.807, 2.05) is 30.4 Å². The third-order valence-electron chi connectivity index (χ3n) is 4.08. The van der Waals surface area contributed by atoms with Gasteiger partial charge in [0.1, 0.15) is 5.75 Å². The summed E-state index contributed by atoms with van der Waals surface area (Å²) in [5, 5.41) is 11.8. The molecule has 1 aliphatic rings. The summed E-state index contributed by atoms with van der Waals surface area (Å²) in [7, 11) is 0. The summed E-state index contributed by atoms with van der Waals surface area (Å²) in [5.74, 6) is 0.241. The largest absolute Gasteiger partial charge is 0.469 e. The summed E-state index contributed by atoms with van der Waals surface area (Å²) >= 11 is 0. The number of aromatic nitrogens is 1. The number of benzene rings is 1. The zero-order valence-electron chi connectivity index (χ0n) is 14.6. The van der Waals surface area contributed by atoms with Crippen LogP contribution in [-0.2, 0) is 4.74 Å². The molecule has 5 N–H and O–H groups in total. The number of hydrogen-bond donors (Lipinski definition) is 4. The fraction of sp³-hybridized carbons (Fsp3) is 0.316. The Hall–Kier alpha value is -2.61. The van der Waals surface area contributed by atoms with Crippen LogP contribution in [0.25, 0.3) is 17.2 Å². The van der Waals surface area contributed by atoms with Crippen molar-refractivity contribution in [2.24, 2.45) is 5.73 Å². The van der Waals surface area contributed by atoms with Crippen LogP contribution >= 0.6 is 0 Å². The molecule has 26 heavy (non-hydrogen) atoms. The van der Waals surface area contributed by atoms with E-state index < -0.39 is 6.23 Å². The van der Waals surface area contributed by atoms with Crippen molar-refractivity contribution in [3.05, 3.63) is 47.3 Å². The van der Waals surface area contributed by atoms with Crippen molar-refractivity contribution in [3.63, 3.8) is 0 Å². The normalized spacial score (nSPS) is 15.4. The molecular weight excluding hydrogens is 334 g/mol. The average Bonchev–Trinajstić information content (AvgIpc) is 3.08. The summed E-state index contributed by atoms with van der Waals surface area (Å²) in [6, 6.07) is 5.73. The van der Waals surface area contributed by atoms with Gasteiger partial charge in [-0.1, -0.05) is 18.2 Å². The third kappa shape index (κ3) is 3.65. The molecule has 7 heteroatoms. The number of aliphatic hydroxyl groups is 1. The van der Waals surface area contributed by atoms with E-state index in [0.29, 0.717) is 36.7 Å². The summed E-state index contributed by atoms with van der Waals surface area (Å²) in [5.41, 5.74) is 9.67. The van der Waals surface area contributed by atoms with Crippen LogP contribution in [0.4, 0.5) is 0 Å². The first-order chi connectivity index (χ1) is 12.7. The number of aromatic amines is 1. The van der Waals surface area contributed by atoms with Gasteiger partial charge < -0.3 is 24.9 Å². The molecule has 1 atom stereocenters. The van der Waals surface area contributed by atoms with Gasteiger partial charge in [0.2, 0.25) is 0 Å². The van der Waals surface area contributed by atoms with Crippen molar-refractivity contribution in [2.75, 3.05) is 26.3 Å². The predicted molar refractivity (Wildman–Crippen MR) is 98.7 cm³/mol. The maximum Gasteiger partial charge on any atom is 0.340 e. The molecule has 0 radical (unpaired) electrons. The summed E-state index contributed by atoms with van der Waals surface area (Å²) in [6.07, 6.45) is 4.89. The minimum absolute atomic E-state index is 0.108. The molecule has 0 saturated heterocycles. The number of ether oxygens (including phenoxy) is 2. The van der Waals surface area contributed by atoms with Gasteiger partial charge in [-0.25, -0.2) is 4.79 Å². The van der Waals surface area contributed by atoms with Gasteiger partial charge in [-0.2, -0.15) is 0 Å². The first-order valence-corrected chi connectivity index (χ1v) is 8.58. The number of H-pyrrole nitrogens is 1. The number of hydrogen-bond acceptors (Lipinski definition) is 6. The molecular formula is C19H23N3O4. The lowest BCUT2D eigenvalue weighted by atomic mass is 9.95. The second kappa shape index (κ2) is 8.18. The first-order valence-electron chi connectivity index (χ1n) is 8.58. The predicted octanol–water partition coefficient (Wildman–Crippen LogP) is 1.80. The molecule has 2 heterocycles. The zero-order chi connectivity index (χ0) is 18.5. The third-order valence-corrected chi connectivity index (χ3v) is 4.08. The van der Waals surface area contributed by atoms with Gasteiger partial charge in [0.05, 0.1) is 24.5 Å². The fourth-order valence-electron chi connectivity index (χ4n) is 2.93. The average molecular weight is 357 g/mol. The van der Waals surface area contributed by atoms with Crippen LogP contribution in [0.3, 0.4) is 0 Å². The van der Waals surface area contributed by atoms with E-state index in [9.17, 15) is 4.79 Å². The van der Waals surface area contributed by atoms with Gasteiger partial charge in [0.15, 0.2) is 6.23 Å². The minimum atomic E-state index is -0.662. The van der Waals surface area contributed by atoms with Crippen LogP contribution in [0.2, 0.25) is 0 Å². The lowest BCUT2D eigenvalue weighted by molar-refractivity contribution is 0.0527. The van der Waals surface area contributed by atoms with Gasteiger partial charge in [-0.15, -0.1) is 0 Å². The van der Waals surface area contributed by atoms with E-state index in [4.69, 9.17) is 20.3 Å². The van der Waals surface area contributed by atoms with E-state index in [1.54, 1.807) is 13.1 Å². The van der Waals surface area contributed by atoms with E-state index in [-0.39, 0.29) is 12.6 Å². The monoisotopic (exact) mass is 357 g/mol. The van der Waals surface area contributed by atoms with Crippen molar-refractivity contribution in [1.29, 1.82) is 0 Å². The van der Waals surface area contributed by atoms with E-state index in [1.165, 1.54) is 0 Å². The molecule has 2 aromatic rings. The van der Waals surface area contributed by atoms with Gasteiger partial charge in [0, 0.05) is 30.4 Å². The Balaban J connectivity index is 1.93. The molecule has 0 aliphatic carbocycles. The molecule has 3 rings (SSSR count). The lowest BCUT2D eigenvalue weighted by Gasteiger charge is -2.24. The first kappa shape index (κ1) is 18.2. The molecule has 1 aliphatic heterocycles. The Labute approximate surface area is 151 Å². The summed E-state index contributed by atoms with van der Waals surface area (Å²) in [4.78, 5) is 15.3. The molecule has 0 fully saturated rings. The quantitative estimate of drug-likeness (QED) is 0.444. The molecule has 0 bridgehead atoms. The standard InChI is InChI=1S/C19H23N3O4/c1-2-25-19(24)14-11-22-17-16(14)13-10-12(4-3-7-21-8-9-23)5-6-15(13)26-18(17)20/h3-6,10-11,18,21-23H,2,7-9,20H2,1H3. The lowest BCUT2D eigenvalue weighted by Crippen LogP contribution is -2.22. The van der Waals surface area contributed by atoms with Crippen molar-refractivity contribution in [1.82, 2.24) is 10.3 Å². The Morgan fingerprint density at radius 1 is 1.50 bits per heavy atom. The molecule has 7 nitrogen and oxygen atoms in total. The van der Waals surface area contributed by atoms with Gasteiger partial charge in [-0.3, -0.25) is 5.73 Å². The number of esters is 1. The smallest absolute Gasteiger partial charge is 0.340 e.